The zero-order chi connectivity index (χ0) is 12.3. The minimum absolute atomic E-state index is 0.154. The van der Waals surface area contributed by atoms with E-state index in [1.807, 2.05) is 31.2 Å². The Morgan fingerprint density at radius 2 is 2.24 bits per heavy atom. The van der Waals surface area contributed by atoms with Crippen molar-refractivity contribution in [3.05, 3.63) is 29.8 Å². The maximum absolute atomic E-state index is 11.0. The molecule has 0 amide bonds. The van der Waals surface area contributed by atoms with Gasteiger partial charge in [0.2, 0.25) is 0 Å². The number of hydrogen-bond acceptors (Lipinski definition) is 2. The molecule has 0 atom stereocenters. The van der Waals surface area contributed by atoms with Gasteiger partial charge in [-0.05, 0) is 37.5 Å². The first kappa shape index (κ1) is 12.0. The molecule has 1 N–H and O–H groups in total. The van der Waals surface area contributed by atoms with Gasteiger partial charge in [-0.1, -0.05) is 18.6 Å². The summed E-state index contributed by atoms with van der Waals surface area (Å²) in [6.07, 6.45) is 3.28. The van der Waals surface area contributed by atoms with Crippen LogP contribution in [0.2, 0.25) is 0 Å². The van der Waals surface area contributed by atoms with Gasteiger partial charge >= 0.3 is 5.97 Å². The average molecular weight is 234 g/mol. The van der Waals surface area contributed by atoms with Crippen LogP contribution in [0.4, 0.5) is 0 Å². The Labute approximate surface area is 101 Å². The van der Waals surface area contributed by atoms with E-state index in [9.17, 15) is 4.79 Å². The molecule has 0 heterocycles. The molecule has 0 spiro atoms. The molecule has 0 aromatic heterocycles. The van der Waals surface area contributed by atoms with E-state index in [4.69, 9.17) is 9.84 Å². The molecule has 1 fully saturated rings. The summed E-state index contributed by atoms with van der Waals surface area (Å²) >= 11 is 0. The van der Waals surface area contributed by atoms with Gasteiger partial charge in [-0.25, -0.2) is 0 Å². The predicted octanol–water partition coefficient (Wildman–Crippen LogP) is 2.98. The van der Waals surface area contributed by atoms with Crippen LogP contribution in [0.25, 0.3) is 0 Å². The molecule has 0 aliphatic heterocycles. The molecule has 17 heavy (non-hydrogen) atoms. The third-order valence-electron chi connectivity index (χ3n) is 3.56. The van der Waals surface area contributed by atoms with Crippen molar-refractivity contribution in [2.24, 2.45) is 0 Å². The number of benzene rings is 1. The maximum atomic E-state index is 11.0. The normalized spacial score (nSPS) is 17.2. The SMILES string of the molecule is CCOc1cccc(C2(CC(=O)O)CCC2)c1. The van der Waals surface area contributed by atoms with Crippen molar-refractivity contribution >= 4 is 5.97 Å². The van der Waals surface area contributed by atoms with Gasteiger partial charge in [0, 0.05) is 5.41 Å². The Balaban J connectivity index is 2.24. The Morgan fingerprint density at radius 3 is 2.76 bits per heavy atom. The third kappa shape index (κ3) is 2.43. The molecule has 0 radical (unpaired) electrons. The number of carbonyl (C=O) groups is 1. The van der Waals surface area contributed by atoms with E-state index in [1.165, 1.54) is 0 Å². The maximum Gasteiger partial charge on any atom is 0.304 e. The predicted molar refractivity (Wildman–Crippen MR) is 65.4 cm³/mol. The van der Waals surface area contributed by atoms with Crippen molar-refractivity contribution in [1.29, 1.82) is 0 Å². The van der Waals surface area contributed by atoms with Crippen LogP contribution in [0.5, 0.6) is 5.75 Å². The number of aliphatic carboxylic acids is 1. The molecule has 0 bridgehead atoms. The Bertz CT molecular complexity index is 408. The van der Waals surface area contributed by atoms with Crippen molar-refractivity contribution in [3.63, 3.8) is 0 Å². The molecule has 2 rings (SSSR count). The number of carboxylic acids is 1. The van der Waals surface area contributed by atoms with Crippen molar-refractivity contribution in [2.45, 2.75) is 38.0 Å². The Morgan fingerprint density at radius 1 is 1.47 bits per heavy atom. The summed E-state index contributed by atoms with van der Waals surface area (Å²) in [5.74, 6) is 0.119. The topological polar surface area (TPSA) is 46.5 Å². The second-order valence-corrected chi connectivity index (χ2v) is 4.67. The Hall–Kier alpha value is -1.51. The van der Waals surface area contributed by atoms with E-state index < -0.39 is 5.97 Å². The van der Waals surface area contributed by atoms with Crippen LogP contribution in [0.1, 0.15) is 38.2 Å². The van der Waals surface area contributed by atoms with Crippen LogP contribution in [0.3, 0.4) is 0 Å². The summed E-state index contributed by atoms with van der Waals surface area (Å²) in [5.41, 5.74) is 0.955. The fraction of sp³-hybridized carbons (Fsp3) is 0.500. The zero-order valence-corrected chi connectivity index (χ0v) is 10.1. The van der Waals surface area contributed by atoms with E-state index >= 15 is 0 Å². The van der Waals surface area contributed by atoms with Gasteiger partial charge in [0.1, 0.15) is 5.75 Å². The van der Waals surface area contributed by atoms with Crippen LogP contribution in [0.15, 0.2) is 24.3 Å². The highest BCUT2D eigenvalue weighted by Gasteiger charge is 2.40. The van der Waals surface area contributed by atoms with E-state index in [2.05, 4.69) is 0 Å². The first-order valence-corrected chi connectivity index (χ1v) is 6.11. The molecule has 0 saturated heterocycles. The molecule has 1 aromatic rings. The van der Waals surface area contributed by atoms with Crippen LogP contribution in [-0.2, 0) is 10.2 Å². The minimum Gasteiger partial charge on any atom is -0.494 e. The number of carboxylic acid groups (broad SMARTS) is 1. The summed E-state index contributed by atoms with van der Waals surface area (Å²) in [6.45, 7) is 2.58. The second-order valence-electron chi connectivity index (χ2n) is 4.67. The minimum atomic E-state index is -0.716. The van der Waals surface area contributed by atoms with Gasteiger partial charge in [0.05, 0.1) is 13.0 Å². The molecule has 3 heteroatoms. The first-order valence-electron chi connectivity index (χ1n) is 6.11. The van der Waals surface area contributed by atoms with Gasteiger partial charge in [0.25, 0.3) is 0 Å². The quantitative estimate of drug-likeness (QED) is 0.852. The van der Waals surface area contributed by atoms with E-state index in [1.54, 1.807) is 0 Å². The molecule has 92 valence electrons. The number of ether oxygens (including phenoxy) is 1. The first-order chi connectivity index (χ1) is 8.16. The van der Waals surface area contributed by atoms with Crippen LogP contribution >= 0.6 is 0 Å². The lowest BCUT2D eigenvalue weighted by Crippen LogP contribution is -2.36. The Kier molecular flexibility index (Phi) is 3.36. The largest absolute Gasteiger partial charge is 0.494 e. The summed E-state index contributed by atoms with van der Waals surface area (Å²) < 4.78 is 5.47. The summed E-state index contributed by atoms with van der Waals surface area (Å²) in [6, 6.07) is 7.87. The summed E-state index contributed by atoms with van der Waals surface area (Å²) in [7, 11) is 0. The summed E-state index contributed by atoms with van der Waals surface area (Å²) in [5, 5.41) is 9.02. The molecule has 1 saturated carbocycles. The van der Waals surface area contributed by atoms with Gasteiger partial charge in [-0.3, -0.25) is 4.79 Å². The lowest BCUT2D eigenvalue weighted by Gasteiger charge is -2.41. The highest BCUT2D eigenvalue weighted by atomic mass is 16.5. The second kappa shape index (κ2) is 4.78. The van der Waals surface area contributed by atoms with E-state index in [0.717, 1.165) is 30.6 Å². The van der Waals surface area contributed by atoms with Gasteiger partial charge < -0.3 is 9.84 Å². The third-order valence-corrected chi connectivity index (χ3v) is 3.56. The molecule has 1 aromatic carbocycles. The summed E-state index contributed by atoms with van der Waals surface area (Å²) in [4.78, 5) is 11.0. The van der Waals surface area contributed by atoms with Crippen molar-refractivity contribution in [1.82, 2.24) is 0 Å². The molecule has 1 aliphatic carbocycles. The van der Waals surface area contributed by atoms with Gasteiger partial charge in [-0.2, -0.15) is 0 Å². The standard InChI is InChI=1S/C14H18O3/c1-2-17-12-6-3-5-11(9-12)14(7-4-8-14)10-13(15)16/h3,5-6,9H,2,4,7-8,10H2,1H3,(H,15,16). The molecule has 3 nitrogen and oxygen atoms in total. The highest BCUT2D eigenvalue weighted by Crippen LogP contribution is 2.47. The smallest absolute Gasteiger partial charge is 0.304 e. The highest BCUT2D eigenvalue weighted by molar-refractivity contribution is 5.69. The van der Waals surface area contributed by atoms with Crippen LogP contribution in [0, 0.1) is 0 Å². The number of hydrogen-bond donors (Lipinski definition) is 1. The molecular formula is C14H18O3. The lowest BCUT2D eigenvalue weighted by molar-refractivity contribution is -0.139. The fourth-order valence-electron chi connectivity index (χ4n) is 2.54. The van der Waals surface area contributed by atoms with E-state index in [-0.39, 0.29) is 11.8 Å². The van der Waals surface area contributed by atoms with Crippen molar-refractivity contribution < 1.29 is 14.6 Å². The average Bonchev–Trinajstić information content (AvgIpc) is 2.24. The molecule has 0 unspecified atom stereocenters. The van der Waals surface area contributed by atoms with Crippen LogP contribution < -0.4 is 4.74 Å². The van der Waals surface area contributed by atoms with E-state index in [0.29, 0.717) is 6.61 Å². The monoisotopic (exact) mass is 234 g/mol. The zero-order valence-electron chi connectivity index (χ0n) is 10.1. The lowest BCUT2D eigenvalue weighted by atomic mass is 9.62. The number of rotatable bonds is 5. The molecular weight excluding hydrogens is 216 g/mol. The fourth-order valence-corrected chi connectivity index (χ4v) is 2.54. The van der Waals surface area contributed by atoms with Crippen molar-refractivity contribution in [3.8, 4) is 5.75 Å². The molecule has 1 aliphatic rings. The van der Waals surface area contributed by atoms with Crippen molar-refractivity contribution in [2.75, 3.05) is 6.61 Å². The van der Waals surface area contributed by atoms with Gasteiger partial charge in [-0.15, -0.1) is 0 Å². The van der Waals surface area contributed by atoms with Gasteiger partial charge in [0.15, 0.2) is 0 Å². The van der Waals surface area contributed by atoms with Crippen LogP contribution in [-0.4, -0.2) is 17.7 Å².